The fraction of sp³-hybridized carbons (Fsp3) is 0.273. The topological polar surface area (TPSA) is 3.24 Å². The maximum absolute atomic E-state index is 3.57. The molecule has 1 aromatic rings. The van der Waals surface area contributed by atoms with Crippen molar-refractivity contribution in [1.82, 2.24) is 0 Å². The summed E-state index contributed by atoms with van der Waals surface area (Å²) < 4.78 is 1.22. The lowest BCUT2D eigenvalue weighted by Gasteiger charge is -2.17. The monoisotopic (exact) mass is 237 g/mol. The Morgan fingerprint density at radius 3 is 2.77 bits per heavy atom. The first-order valence-corrected chi connectivity index (χ1v) is 5.14. The minimum atomic E-state index is 1.05. The number of hydrogen-bond donors (Lipinski definition) is 0. The molecule has 0 N–H and O–H groups in total. The van der Waals surface area contributed by atoms with E-state index in [0.29, 0.717) is 0 Å². The predicted molar refractivity (Wildman–Crippen MR) is 61.2 cm³/mol. The van der Waals surface area contributed by atoms with Gasteiger partial charge in [0.1, 0.15) is 0 Å². The number of hydrogen-bond acceptors (Lipinski definition) is 1. The maximum atomic E-state index is 3.57. The van der Waals surface area contributed by atoms with Gasteiger partial charge in [-0.2, -0.15) is 0 Å². The van der Waals surface area contributed by atoms with Gasteiger partial charge in [0.25, 0.3) is 0 Å². The van der Waals surface area contributed by atoms with Crippen LogP contribution in [0.5, 0.6) is 0 Å². The molecule has 0 aliphatic heterocycles. The highest BCUT2D eigenvalue weighted by Crippen LogP contribution is 2.34. The number of fused-ring (bicyclic) bond motifs is 1. The highest BCUT2D eigenvalue weighted by Gasteiger charge is 2.13. The summed E-state index contributed by atoms with van der Waals surface area (Å²) in [5.74, 6) is 0. The van der Waals surface area contributed by atoms with Crippen molar-refractivity contribution in [3.63, 3.8) is 0 Å². The van der Waals surface area contributed by atoms with Crippen molar-refractivity contribution in [2.75, 3.05) is 19.0 Å². The van der Waals surface area contributed by atoms with E-state index in [0.717, 1.165) is 6.42 Å². The Morgan fingerprint density at radius 1 is 1.31 bits per heavy atom. The van der Waals surface area contributed by atoms with Gasteiger partial charge in [-0.05, 0) is 24.1 Å². The Balaban J connectivity index is 2.61. The molecule has 1 aromatic carbocycles. The zero-order chi connectivity index (χ0) is 9.42. The van der Waals surface area contributed by atoms with Gasteiger partial charge in [-0.1, -0.05) is 28.1 Å². The van der Waals surface area contributed by atoms with Crippen molar-refractivity contribution in [2.45, 2.75) is 6.42 Å². The van der Waals surface area contributed by atoms with E-state index in [-0.39, 0.29) is 0 Å². The number of rotatable bonds is 1. The highest BCUT2D eigenvalue weighted by atomic mass is 79.9. The second-order valence-electron chi connectivity index (χ2n) is 3.46. The molecule has 0 saturated heterocycles. The molecule has 0 bridgehead atoms. The molecule has 0 heterocycles. The number of benzene rings is 1. The first kappa shape index (κ1) is 8.82. The molecule has 1 aliphatic rings. The first-order valence-electron chi connectivity index (χ1n) is 4.35. The summed E-state index contributed by atoms with van der Waals surface area (Å²) in [6.07, 6.45) is 5.47. The van der Waals surface area contributed by atoms with Crippen molar-refractivity contribution < 1.29 is 0 Å². The highest BCUT2D eigenvalue weighted by molar-refractivity contribution is 9.10. The summed E-state index contributed by atoms with van der Waals surface area (Å²) in [6.45, 7) is 0. The van der Waals surface area contributed by atoms with Crippen LogP contribution in [0.15, 0.2) is 22.7 Å². The number of halogens is 1. The zero-order valence-corrected chi connectivity index (χ0v) is 9.43. The van der Waals surface area contributed by atoms with Crippen LogP contribution in [-0.2, 0) is 6.42 Å². The van der Waals surface area contributed by atoms with Crippen LogP contribution in [0.3, 0.4) is 0 Å². The summed E-state index contributed by atoms with van der Waals surface area (Å²) in [6, 6.07) is 4.28. The molecule has 2 heteroatoms. The molecule has 0 fully saturated rings. The summed E-state index contributed by atoms with van der Waals surface area (Å²) in [7, 11) is 4.16. The van der Waals surface area contributed by atoms with Crippen molar-refractivity contribution in [3.05, 3.63) is 33.8 Å². The molecule has 0 amide bonds. The molecule has 0 atom stereocenters. The van der Waals surface area contributed by atoms with Gasteiger partial charge >= 0.3 is 0 Å². The van der Waals surface area contributed by atoms with Crippen LogP contribution in [0.4, 0.5) is 5.69 Å². The average Bonchev–Trinajstić information content (AvgIpc) is 2.53. The van der Waals surface area contributed by atoms with Gasteiger partial charge in [0.05, 0.1) is 0 Å². The molecule has 0 spiro atoms. The van der Waals surface area contributed by atoms with E-state index in [1.165, 1.54) is 21.3 Å². The number of nitrogens with zero attached hydrogens (tertiary/aromatic N) is 1. The molecule has 0 radical (unpaired) electrons. The van der Waals surface area contributed by atoms with Crippen LogP contribution in [0.25, 0.3) is 6.08 Å². The lowest BCUT2D eigenvalue weighted by molar-refractivity contribution is 1.12. The maximum Gasteiger partial charge on any atom is 0.0438 e. The Bertz CT molecular complexity index is 367. The summed E-state index contributed by atoms with van der Waals surface area (Å²) in [4.78, 5) is 2.15. The van der Waals surface area contributed by atoms with E-state index in [1.807, 2.05) is 0 Å². The van der Waals surface area contributed by atoms with E-state index in [9.17, 15) is 0 Å². The Labute approximate surface area is 87.2 Å². The molecule has 0 saturated carbocycles. The molecule has 2 rings (SSSR count). The molecule has 13 heavy (non-hydrogen) atoms. The van der Waals surface area contributed by atoms with Gasteiger partial charge in [0, 0.05) is 29.8 Å². The third kappa shape index (κ3) is 1.39. The Hall–Kier alpha value is -0.760. The Kier molecular flexibility index (Phi) is 2.16. The zero-order valence-electron chi connectivity index (χ0n) is 7.84. The minimum Gasteiger partial charge on any atom is -0.377 e. The fourth-order valence-electron chi connectivity index (χ4n) is 1.70. The second kappa shape index (κ2) is 3.18. The number of allylic oxidation sites excluding steroid dienone is 1. The normalized spacial score (nSPS) is 13.2. The smallest absolute Gasteiger partial charge is 0.0438 e. The third-order valence-electron chi connectivity index (χ3n) is 2.37. The van der Waals surface area contributed by atoms with Crippen LogP contribution < -0.4 is 4.90 Å². The molecular weight excluding hydrogens is 226 g/mol. The van der Waals surface area contributed by atoms with Gasteiger partial charge in [-0.25, -0.2) is 0 Å². The molecule has 0 unspecified atom stereocenters. The summed E-state index contributed by atoms with van der Waals surface area (Å²) in [5.41, 5.74) is 4.07. The van der Waals surface area contributed by atoms with Crippen LogP contribution in [0.1, 0.15) is 11.1 Å². The SMILES string of the molecule is CN(C)c1ccc(Br)c2c1C=CC2. The van der Waals surface area contributed by atoms with Crippen LogP contribution in [-0.4, -0.2) is 14.1 Å². The van der Waals surface area contributed by atoms with Crippen molar-refractivity contribution >= 4 is 27.7 Å². The largest absolute Gasteiger partial charge is 0.377 e. The van der Waals surface area contributed by atoms with Gasteiger partial charge in [-0.15, -0.1) is 0 Å². The third-order valence-corrected chi connectivity index (χ3v) is 3.11. The lowest BCUT2D eigenvalue weighted by Crippen LogP contribution is -2.10. The van der Waals surface area contributed by atoms with Gasteiger partial charge in [-0.3, -0.25) is 0 Å². The Morgan fingerprint density at radius 2 is 2.08 bits per heavy atom. The van der Waals surface area contributed by atoms with E-state index < -0.39 is 0 Å². The first-order chi connectivity index (χ1) is 6.20. The van der Waals surface area contributed by atoms with Crippen LogP contribution in [0.2, 0.25) is 0 Å². The van der Waals surface area contributed by atoms with Gasteiger partial charge < -0.3 is 4.90 Å². The van der Waals surface area contributed by atoms with E-state index in [2.05, 4.69) is 59.2 Å². The fourth-order valence-corrected chi connectivity index (χ4v) is 2.21. The predicted octanol–water partition coefficient (Wildman–Crippen LogP) is 3.08. The molecular formula is C11H12BrN. The average molecular weight is 238 g/mol. The van der Waals surface area contributed by atoms with Crippen molar-refractivity contribution in [2.24, 2.45) is 0 Å². The van der Waals surface area contributed by atoms with E-state index >= 15 is 0 Å². The van der Waals surface area contributed by atoms with Crippen molar-refractivity contribution in [1.29, 1.82) is 0 Å². The van der Waals surface area contributed by atoms with E-state index in [4.69, 9.17) is 0 Å². The lowest BCUT2D eigenvalue weighted by atomic mass is 10.1. The standard InChI is InChI=1S/C11H12BrN/c1-13(2)11-7-6-10(12)8-4-3-5-9(8)11/h3,5-7H,4H2,1-2H3. The minimum absolute atomic E-state index is 1.05. The van der Waals surface area contributed by atoms with E-state index in [1.54, 1.807) is 0 Å². The van der Waals surface area contributed by atoms with Crippen molar-refractivity contribution in [3.8, 4) is 0 Å². The van der Waals surface area contributed by atoms with Gasteiger partial charge in [0.2, 0.25) is 0 Å². The second-order valence-corrected chi connectivity index (χ2v) is 4.31. The number of anilines is 1. The molecule has 1 nitrogen and oxygen atoms in total. The summed E-state index contributed by atoms with van der Waals surface area (Å²) >= 11 is 3.57. The van der Waals surface area contributed by atoms with Crippen LogP contribution >= 0.6 is 15.9 Å². The van der Waals surface area contributed by atoms with Gasteiger partial charge in [0.15, 0.2) is 0 Å². The summed E-state index contributed by atoms with van der Waals surface area (Å²) in [5, 5.41) is 0. The molecule has 0 aromatic heterocycles. The quantitative estimate of drug-likeness (QED) is 0.726. The van der Waals surface area contributed by atoms with Crippen LogP contribution in [0, 0.1) is 0 Å². The molecule has 68 valence electrons. The molecule has 1 aliphatic carbocycles.